The van der Waals surface area contributed by atoms with Gasteiger partial charge in [0.15, 0.2) is 23.3 Å². The first-order valence-corrected chi connectivity index (χ1v) is 16.1. The van der Waals surface area contributed by atoms with Gasteiger partial charge in [-0.15, -0.1) is 0 Å². The molecule has 0 aromatic heterocycles. The minimum Gasteiger partial charge on any atom is -0.330 e. The van der Waals surface area contributed by atoms with Crippen molar-refractivity contribution in [2.45, 2.75) is 9.79 Å². The summed E-state index contributed by atoms with van der Waals surface area (Å²) < 4.78 is 128. The Morgan fingerprint density at radius 3 is 1.35 bits per heavy atom. The zero-order chi connectivity index (χ0) is 36.8. The molecule has 49 heavy (non-hydrogen) atoms. The first kappa shape index (κ1) is 38.0. The molecule has 0 unspecified atom stereocenters. The molecule has 0 radical (unpaired) electrons. The average Bonchev–Trinajstić information content (AvgIpc) is 3.00. The van der Waals surface area contributed by atoms with Crippen LogP contribution in [-0.2, 0) is 20.0 Å². The monoisotopic (exact) mass is 731 g/mol. The highest BCUT2D eigenvalue weighted by molar-refractivity contribution is 7.90. The van der Waals surface area contributed by atoms with Crippen LogP contribution in [0.5, 0.6) is 0 Å². The lowest BCUT2D eigenvalue weighted by Gasteiger charge is -2.13. The summed E-state index contributed by atoms with van der Waals surface area (Å²) in [6, 6.07) is 8.84. The third-order valence-electron chi connectivity index (χ3n) is 5.99. The Hall–Kier alpha value is -5.47. The van der Waals surface area contributed by atoms with Gasteiger partial charge in [-0.1, -0.05) is 0 Å². The van der Waals surface area contributed by atoms with Gasteiger partial charge in [0.25, 0.3) is 21.8 Å². The summed E-state index contributed by atoms with van der Waals surface area (Å²) in [5, 5.41) is 9.15. The van der Waals surface area contributed by atoms with Crippen molar-refractivity contribution >= 4 is 49.3 Å². The molecule has 20 heteroatoms. The quantitative estimate of drug-likeness (QED) is 0.204. The van der Waals surface area contributed by atoms with Crippen LogP contribution in [0.15, 0.2) is 82.6 Å². The molecule has 4 aromatic carbocycles. The van der Waals surface area contributed by atoms with Crippen LogP contribution in [0.2, 0.25) is 0 Å². The highest BCUT2D eigenvalue weighted by Gasteiger charge is 2.23. The molecule has 0 aliphatic rings. The summed E-state index contributed by atoms with van der Waals surface area (Å²) in [5.41, 5.74) is -1.55. The number of nitrogens with one attached hydrogen (secondary N) is 3. The van der Waals surface area contributed by atoms with E-state index in [2.05, 4.69) is 10.6 Å². The summed E-state index contributed by atoms with van der Waals surface area (Å²) in [4.78, 5) is 35.6. The van der Waals surface area contributed by atoms with Crippen LogP contribution in [0.1, 0.15) is 20.7 Å². The number of anilines is 2. The number of halogens is 6. The van der Waals surface area contributed by atoms with Crippen molar-refractivity contribution < 1.29 is 57.6 Å². The number of urea groups is 1. The summed E-state index contributed by atoms with van der Waals surface area (Å²) in [7, 11) is -5.85. The topological polar surface area (TPSA) is 185 Å². The zero-order valence-electron chi connectivity index (χ0n) is 24.9. The second kappa shape index (κ2) is 15.2. The summed E-state index contributed by atoms with van der Waals surface area (Å²) in [6.07, 6.45) is 0. The number of primary sulfonamides is 1. The molecule has 0 spiro atoms. The Labute approximate surface area is 274 Å². The molecule has 0 saturated carbocycles. The van der Waals surface area contributed by atoms with Gasteiger partial charge in [-0.2, -0.15) is 0 Å². The van der Waals surface area contributed by atoms with Crippen LogP contribution in [0.3, 0.4) is 0 Å². The zero-order valence-corrected chi connectivity index (χ0v) is 26.5. The molecule has 5 N–H and O–H groups in total. The van der Waals surface area contributed by atoms with E-state index in [9.17, 15) is 57.6 Å². The van der Waals surface area contributed by atoms with Crippen LogP contribution in [0.4, 0.5) is 42.5 Å². The third kappa shape index (κ3) is 10.0. The summed E-state index contributed by atoms with van der Waals surface area (Å²) in [6.45, 7) is 0. The first-order valence-electron chi connectivity index (χ1n) is 13.1. The van der Waals surface area contributed by atoms with Crippen LogP contribution in [0, 0.1) is 34.9 Å². The Bertz CT molecular complexity index is 2170. The molecule has 0 fully saturated rings. The van der Waals surface area contributed by atoms with Gasteiger partial charge < -0.3 is 15.5 Å². The van der Waals surface area contributed by atoms with Crippen molar-refractivity contribution in [2.24, 2.45) is 5.14 Å². The largest absolute Gasteiger partial charge is 0.330 e. The molecule has 4 amide bonds. The van der Waals surface area contributed by atoms with Gasteiger partial charge in [0.1, 0.15) is 11.6 Å². The van der Waals surface area contributed by atoms with Crippen molar-refractivity contribution in [3.63, 3.8) is 0 Å². The van der Waals surface area contributed by atoms with Gasteiger partial charge in [0, 0.05) is 37.6 Å². The van der Waals surface area contributed by atoms with Gasteiger partial charge in [-0.25, -0.2) is 57.8 Å². The lowest BCUT2D eigenvalue weighted by atomic mass is 10.2. The summed E-state index contributed by atoms with van der Waals surface area (Å²) >= 11 is 0. The van der Waals surface area contributed by atoms with Crippen LogP contribution in [0.25, 0.3) is 0 Å². The molecule has 260 valence electrons. The highest BCUT2D eigenvalue weighted by Crippen LogP contribution is 2.20. The Balaban J connectivity index is 0.000000271. The molecule has 0 bridgehead atoms. The van der Waals surface area contributed by atoms with Crippen LogP contribution >= 0.6 is 0 Å². The number of carbonyl (C=O) groups is 3. The van der Waals surface area contributed by atoms with E-state index in [-0.39, 0.29) is 11.4 Å². The molecule has 4 aromatic rings. The number of nitrogens with zero attached hydrogens (tertiary/aromatic N) is 1. The number of sulfonamides is 2. The smallest absolute Gasteiger partial charge is 0.330 e. The molecule has 0 heterocycles. The molecular weight excluding hydrogens is 708 g/mol. The van der Waals surface area contributed by atoms with Gasteiger partial charge >= 0.3 is 6.03 Å². The number of carbonyl (C=O) groups excluding carboxylic acids is 3. The van der Waals surface area contributed by atoms with Crippen LogP contribution < -0.4 is 20.5 Å². The van der Waals surface area contributed by atoms with Crippen LogP contribution in [-0.4, -0.2) is 53.7 Å². The molecule has 0 aliphatic heterocycles. The Kier molecular flexibility index (Phi) is 11.8. The lowest BCUT2D eigenvalue weighted by Crippen LogP contribution is -2.38. The Morgan fingerprint density at radius 1 is 0.571 bits per heavy atom. The fourth-order valence-corrected chi connectivity index (χ4v) is 5.10. The highest BCUT2D eigenvalue weighted by atomic mass is 32.2. The molecule has 12 nitrogen and oxygen atoms in total. The van der Waals surface area contributed by atoms with E-state index in [1.807, 2.05) is 0 Å². The molecule has 0 atom stereocenters. The molecule has 0 aliphatic carbocycles. The maximum Gasteiger partial charge on any atom is 0.330 e. The predicted molar refractivity (Wildman–Crippen MR) is 162 cm³/mol. The van der Waals surface area contributed by atoms with E-state index in [4.69, 9.17) is 5.14 Å². The maximum absolute atomic E-state index is 14.0. The second-order valence-electron chi connectivity index (χ2n) is 9.80. The standard InChI is InChI=1S/C16H14F3N3O4S.C13H9F3N2O3S/c1-22(2)16(24)21-27(25,26)10-4-6-12(17)11(8-10)15(23)20-9-3-5-13(18)14(19)7-9;14-10-4-2-8(22(17,20)21)6-9(10)13(19)18-7-1-3-11(15)12(16)5-7/h3-8H,1-2H3,(H,20,23)(H,21,24);1-6H,(H,18,19)(H2,17,20,21). The number of benzene rings is 4. The van der Waals surface area contributed by atoms with Crippen molar-refractivity contribution in [3.8, 4) is 0 Å². The van der Waals surface area contributed by atoms with Crippen molar-refractivity contribution in [3.05, 3.63) is 119 Å². The SMILES string of the molecule is CN(C)C(=O)NS(=O)(=O)c1ccc(F)c(C(=O)Nc2ccc(F)c(F)c2)c1.NS(=O)(=O)c1ccc(F)c(C(=O)Nc2ccc(F)c(F)c2)c1. The number of amides is 4. The first-order chi connectivity index (χ1) is 22.7. The van der Waals surface area contributed by atoms with Crippen molar-refractivity contribution in [2.75, 3.05) is 24.7 Å². The number of hydrogen-bond donors (Lipinski definition) is 4. The number of nitrogens with two attached hydrogens (primary N) is 1. The molecular formula is C29H23F6N5O7S2. The summed E-state index contributed by atoms with van der Waals surface area (Å²) in [5.74, 6) is -8.83. The van der Waals surface area contributed by atoms with E-state index in [1.54, 1.807) is 4.72 Å². The fraction of sp³-hybridized carbons (Fsp3) is 0.0690. The van der Waals surface area contributed by atoms with Gasteiger partial charge in [0.05, 0.1) is 20.9 Å². The third-order valence-corrected chi connectivity index (χ3v) is 8.22. The minimum absolute atomic E-state index is 0.121. The van der Waals surface area contributed by atoms with Crippen molar-refractivity contribution in [1.82, 2.24) is 9.62 Å². The van der Waals surface area contributed by atoms with E-state index in [0.717, 1.165) is 65.6 Å². The van der Waals surface area contributed by atoms with Gasteiger partial charge in [-0.3, -0.25) is 9.59 Å². The second-order valence-corrected chi connectivity index (χ2v) is 13.0. The predicted octanol–water partition coefficient (Wildman–Crippen LogP) is 4.32. The van der Waals surface area contributed by atoms with Gasteiger partial charge in [0.2, 0.25) is 10.0 Å². The maximum atomic E-state index is 14.0. The molecule has 4 rings (SSSR count). The molecule has 0 saturated heterocycles. The average molecular weight is 732 g/mol. The number of rotatable bonds is 7. The minimum atomic E-state index is -4.36. The van der Waals surface area contributed by atoms with Crippen molar-refractivity contribution in [1.29, 1.82) is 0 Å². The normalized spacial score (nSPS) is 11.1. The lowest BCUT2D eigenvalue weighted by molar-refractivity contribution is 0.101. The fourth-order valence-electron chi connectivity index (χ4n) is 3.51. The van der Waals surface area contributed by atoms with E-state index >= 15 is 0 Å². The number of hydrogen-bond acceptors (Lipinski definition) is 7. The van der Waals surface area contributed by atoms with E-state index in [1.165, 1.54) is 14.1 Å². The van der Waals surface area contributed by atoms with E-state index < -0.39 is 93.7 Å². The van der Waals surface area contributed by atoms with Gasteiger partial charge in [-0.05, 0) is 60.7 Å². The Morgan fingerprint density at radius 2 is 0.959 bits per heavy atom. The van der Waals surface area contributed by atoms with E-state index in [0.29, 0.717) is 12.1 Å².